The molecule has 0 aliphatic carbocycles. The molecule has 0 bridgehead atoms. The Bertz CT molecular complexity index is 526. The van der Waals surface area contributed by atoms with Gasteiger partial charge in [-0.25, -0.2) is 13.1 Å². The van der Waals surface area contributed by atoms with Crippen LogP contribution in [0.1, 0.15) is 6.92 Å². The summed E-state index contributed by atoms with van der Waals surface area (Å²) < 4.78 is 32.8. The van der Waals surface area contributed by atoms with Crippen molar-refractivity contribution in [3.05, 3.63) is 21.1 Å². The van der Waals surface area contributed by atoms with Crippen LogP contribution in [0.3, 0.4) is 0 Å². The van der Waals surface area contributed by atoms with E-state index in [1.165, 1.54) is 0 Å². The van der Waals surface area contributed by atoms with Crippen molar-refractivity contribution in [3.8, 4) is 0 Å². The molecule has 1 aromatic rings. The summed E-state index contributed by atoms with van der Waals surface area (Å²) in [5, 5.41) is 0. The van der Waals surface area contributed by atoms with Gasteiger partial charge in [0.15, 0.2) is 0 Å². The molecule has 0 aromatic heterocycles. The van der Waals surface area contributed by atoms with E-state index >= 15 is 0 Å². The zero-order valence-corrected chi connectivity index (χ0v) is 14.6. The van der Waals surface area contributed by atoms with Gasteiger partial charge in [0.25, 0.3) is 0 Å². The molecule has 3 N–H and O–H groups in total. The van der Waals surface area contributed by atoms with Crippen molar-refractivity contribution in [2.45, 2.75) is 11.8 Å². The molecule has 0 aliphatic rings. The number of nitrogen functional groups attached to an aromatic ring is 1. The summed E-state index contributed by atoms with van der Waals surface area (Å²) in [7, 11) is -2.03. The first kappa shape index (κ1) is 16.9. The molecule has 19 heavy (non-hydrogen) atoms. The Balaban J connectivity index is 2.95. The Hall–Kier alpha value is -0.150. The quantitative estimate of drug-likeness (QED) is 0.698. The number of halogens is 2. The third kappa shape index (κ3) is 4.71. The summed E-state index contributed by atoms with van der Waals surface area (Å²) >= 11 is 6.44. The van der Waals surface area contributed by atoms with E-state index in [9.17, 15) is 8.42 Å². The molecule has 1 rings (SSSR count). The molecule has 0 saturated heterocycles. The van der Waals surface area contributed by atoms with E-state index in [0.29, 0.717) is 27.8 Å². The highest BCUT2D eigenvalue weighted by atomic mass is 79.9. The van der Waals surface area contributed by atoms with Gasteiger partial charge in [0.1, 0.15) is 4.90 Å². The van der Waals surface area contributed by atoms with Crippen molar-refractivity contribution in [2.75, 3.05) is 26.0 Å². The maximum atomic E-state index is 12.2. The van der Waals surface area contributed by atoms with Gasteiger partial charge in [-0.2, -0.15) is 0 Å². The minimum absolute atomic E-state index is 0.0890. The van der Waals surface area contributed by atoms with Crippen LogP contribution in [0.5, 0.6) is 0 Å². The molecule has 0 saturated carbocycles. The Labute approximate surface area is 130 Å². The van der Waals surface area contributed by atoms with E-state index in [4.69, 9.17) is 10.5 Å². The molecule has 0 heterocycles. The lowest BCUT2D eigenvalue weighted by Gasteiger charge is -2.14. The molecule has 1 aromatic carbocycles. The van der Waals surface area contributed by atoms with E-state index in [0.717, 1.165) is 0 Å². The molecule has 108 valence electrons. The Morgan fingerprint density at radius 3 is 2.37 bits per heavy atom. The van der Waals surface area contributed by atoms with Crippen molar-refractivity contribution < 1.29 is 13.2 Å². The molecule has 0 fully saturated rings. The summed E-state index contributed by atoms with van der Waals surface area (Å²) in [5.41, 5.74) is 6.12. The van der Waals surface area contributed by atoms with E-state index in [1.54, 1.807) is 19.2 Å². The lowest BCUT2D eigenvalue weighted by atomic mass is 10.2. The maximum absolute atomic E-state index is 12.2. The first-order valence-corrected chi connectivity index (χ1v) is 8.58. The second-order valence-electron chi connectivity index (χ2n) is 4.23. The second-order valence-corrected chi connectivity index (χ2v) is 7.64. The number of anilines is 1. The number of hydrogen-bond donors (Lipinski definition) is 2. The molecule has 8 heteroatoms. The van der Waals surface area contributed by atoms with Gasteiger partial charge in [-0.1, -0.05) is 6.92 Å². The number of methoxy groups -OCH3 is 1. The summed E-state index contributed by atoms with van der Waals surface area (Å²) in [6.45, 7) is 2.70. The molecule has 0 spiro atoms. The van der Waals surface area contributed by atoms with Crippen molar-refractivity contribution in [3.63, 3.8) is 0 Å². The highest BCUT2D eigenvalue weighted by molar-refractivity contribution is 9.11. The van der Waals surface area contributed by atoms with Crippen molar-refractivity contribution >= 4 is 47.6 Å². The summed E-state index contributed by atoms with van der Waals surface area (Å²) in [6.07, 6.45) is 0. The molecule has 1 unspecified atom stereocenters. The molecule has 0 aliphatic heterocycles. The SMILES string of the molecule is COCC(C)CNS(=O)(=O)c1c(Br)cc(N)cc1Br. The maximum Gasteiger partial charge on any atom is 0.242 e. The zero-order valence-electron chi connectivity index (χ0n) is 10.6. The van der Waals surface area contributed by atoms with Gasteiger partial charge < -0.3 is 10.5 Å². The number of benzene rings is 1. The molecule has 1 atom stereocenters. The minimum Gasteiger partial charge on any atom is -0.399 e. The molecule has 0 amide bonds. The molecule has 5 nitrogen and oxygen atoms in total. The highest BCUT2D eigenvalue weighted by Gasteiger charge is 2.22. The smallest absolute Gasteiger partial charge is 0.242 e. The number of hydrogen-bond acceptors (Lipinski definition) is 4. The number of nitrogens with one attached hydrogen (secondary N) is 1. The summed E-state index contributed by atoms with van der Waals surface area (Å²) in [6, 6.07) is 3.11. The van der Waals surface area contributed by atoms with Gasteiger partial charge in [-0.15, -0.1) is 0 Å². The van der Waals surface area contributed by atoms with Gasteiger partial charge in [-0.05, 0) is 49.9 Å². The first-order valence-electron chi connectivity index (χ1n) is 5.51. The third-order valence-corrected chi connectivity index (χ3v) is 5.66. The standard InChI is InChI=1S/C11H16Br2N2O3S/c1-7(6-18-2)5-15-19(16,17)11-9(12)3-8(14)4-10(11)13/h3-4,7,15H,5-6,14H2,1-2H3. The van der Waals surface area contributed by atoms with Gasteiger partial charge in [-0.3, -0.25) is 0 Å². The van der Waals surface area contributed by atoms with Crippen LogP contribution >= 0.6 is 31.9 Å². The lowest BCUT2D eigenvalue weighted by molar-refractivity contribution is 0.161. The number of rotatable bonds is 6. The fourth-order valence-electron chi connectivity index (χ4n) is 1.50. The topological polar surface area (TPSA) is 81.4 Å². The summed E-state index contributed by atoms with van der Waals surface area (Å²) in [4.78, 5) is 0.145. The predicted octanol–water partition coefficient (Wildman–Crippen LogP) is 2.35. The molecular formula is C11H16Br2N2O3S. The van der Waals surface area contributed by atoms with Crippen LogP contribution in [0.4, 0.5) is 5.69 Å². The van der Waals surface area contributed by atoms with E-state index in [2.05, 4.69) is 36.6 Å². The Morgan fingerprint density at radius 1 is 1.37 bits per heavy atom. The van der Waals surface area contributed by atoms with Crippen LogP contribution < -0.4 is 10.5 Å². The minimum atomic E-state index is -3.61. The normalized spacial score (nSPS) is 13.5. The average Bonchev–Trinajstić information content (AvgIpc) is 2.25. The van der Waals surface area contributed by atoms with Crippen LogP contribution in [0.15, 0.2) is 26.0 Å². The van der Waals surface area contributed by atoms with Gasteiger partial charge in [0, 0.05) is 34.9 Å². The van der Waals surface area contributed by atoms with E-state index in [-0.39, 0.29) is 10.8 Å². The van der Waals surface area contributed by atoms with Crippen LogP contribution in [-0.4, -0.2) is 28.7 Å². The highest BCUT2D eigenvalue weighted by Crippen LogP contribution is 2.32. The van der Waals surface area contributed by atoms with Gasteiger partial charge in [0.05, 0.1) is 0 Å². The third-order valence-electron chi connectivity index (χ3n) is 2.36. The first-order chi connectivity index (χ1) is 8.77. The second kappa shape index (κ2) is 7.03. The largest absolute Gasteiger partial charge is 0.399 e. The average molecular weight is 416 g/mol. The lowest BCUT2D eigenvalue weighted by Crippen LogP contribution is -2.30. The Kier molecular flexibility index (Phi) is 6.25. The molecule has 0 radical (unpaired) electrons. The van der Waals surface area contributed by atoms with Crippen LogP contribution in [0.2, 0.25) is 0 Å². The molecular weight excluding hydrogens is 400 g/mol. The van der Waals surface area contributed by atoms with Gasteiger partial charge in [0.2, 0.25) is 10.0 Å². The van der Waals surface area contributed by atoms with Crippen molar-refractivity contribution in [1.82, 2.24) is 4.72 Å². The van der Waals surface area contributed by atoms with E-state index in [1.807, 2.05) is 6.92 Å². The van der Waals surface area contributed by atoms with E-state index < -0.39 is 10.0 Å². The van der Waals surface area contributed by atoms with Gasteiger partial charge >= 0.3 is 0 Å². The predicted molar refractivity (Wildman–Crippen MR) is 82.5 cm³/mol. The van der Waals surface area contributed by atoms with Crippen molar-refractivity contribution in [2.24, 2.45) is 5.92 Å². The van der Waals surface area contributed by atoms with Crippen LogP contribution in [0, 0.1) is 5.92 Å². The fourth-order valence-corrected chi connectivity index (χ4v) is 5.28. The fraction of sp³-hybridized carbons (Fsp3) is 0.455. The monoisotopic (exact) mass is 414 g/mol. The number of nitrogens with two attached hydrogens (primary N) is 1. The Morgan fingerprint density at radius 2 is 1.89 bits per heavy atom. The zero-order chi connectivity index (χ0) is 14.6. The van der Waals surface area contributed by atoms with Crippen molar-refractivity contribution in [1.29, 1.82) is 0 Å². The summed E-state index contributed by atoms with van der Waals surface area (Å²) in [5.74, 6) is 0.0890. The number of sulfonamides is 1. The van der Waals surface area contributed by atoms with Crippen LogP contribution in [-0.2, 0) is 14.8 Å². The van der Waals surface area contributed by atoms with Crippen LogP contribution in [0.25, 0.3) is 0 Å². The number of ether oxygens (including phenoxy) is 1.